The van der Waals surface area contributed by atoms with Crippen molar-refractivity contribution in [3.8, 4) is 0 Å². The van der Waals surface area contributed by atoms with Gasteiger partial charge in [0.1, 0.15) is 5.33 Å². The maximum absolute atomic E-state index is 5.23. The summed E-state index contributed by atoms with van der Waals surface area (Å²) in [6, 6.07) is 0. The second kappa shape index (κ2) is 4.12. The summed E-state index contributed by atoms with van der Waals surface area (Å²) in [7, 11) is 0. The molecule has 42 valence electrons. The van der Waals surface area contributed by atoms with Crippen molar-refractivity contribution >= 4 is 21.8 Å². The van der Waals surface area contributed by atoms with Crippen molar-refractivity contribution in [1.29, 1.82) is 0 Å². The highest BCUT2D eigenvalue weighted by Crippen LogP contribution is 1.80. The largest absolute Gasteiger partial charge is 0.448 e. The van der Waals surface area contributed by atoms with Crippen molar-refractivity contribution in [2.75, 3.05) is 11.9 Å². The molecular weight excluding hydrogens is 158 g/mol. The van der Waals surface area contributed by atoms with Gasteiger partial charge in [-0.2, -0.15) is 0 Å². The zero-order valence-corrected chi connectivity index (χ0v) is 5.86. The summed E-state index contributed by atoms with van der Waals surface area (Å²) in [4.78, 5) is 0. The Labute approximate surface area is 51.5 Å². The highest BCUT2D eigenvalue weighted by Gasteiger charge is 1.94. The summed E-state index contributed by atoms with van der Waals surface area (Å²) in [6.07, 6.45) is 0. The van der Waals surface area contributed by atoms with E-state index in [4.69, 9.17) is 10.1 Å². The lowest BCUT2D eigenvalue weighted by Gasteiger charge is -1.91. The third-order valence-electron chi connectivity index (χ3n) is 0.461. The van der Waals surface area contributed by atoms with Gasteiger partial charge in [0.25, 0.3) is 0 Å². The van der Waals surface area contributed by atoms with Crippen LogP contribution in [0.2, 0.25) is 0 Å². The first-order valence-corrected chi connectivity index (χ1v) is 3.23. The normalized spacial score (nSPS) is 8.29. The van der Waals surface area contributed by atoms with Crippen LogP contribution in [0.1, 0.15) is 6.92 Å². The molecule has 0 aliphatic carbocycles. The summed E-state index contributed by atoms with van der Waals surface area (Å²) >= 11 is 3.13. The standard InChI is InChI=1S/C4H8BrNO/c1-2-7-4(6)3-5/h6H,2-3H2,1H3/p+1. The molecule has 0 aromatic carbocycles. The molecule has 0 spiro atoms. The van der Waals surface area contributed by atoms with Gasteiger partial charge in [0.15, 0.2) is 0 Å². The van der Waals surface area contributed by atoms with Gasteiger partial charge in [0.05, 0.1) is 6.61 Å². The molecule has 0 aliphatic heterocycles. The molecule has 0 fully saturated rings. The van der Waals surface area contributed by atoms with E-state index in [9.17, 15) is 0 Å². The lowest BCUT2D eigenvalue weighted by Crippen LogP contribution is -2.42. The van der Waals surface area contributed by atoms with Crippen LogP contribution in [0, 0.1) is 0 Å². The Balaban J connectivity index is 3.00. The summed E-state index contributed by atoms with van der Waals surface area (Å²) in [5.41, 5.74) is 0. The van der Waals surface area contributed by atoms with Gasteiger partial charge >= 0.3 is 5.90 Å². The van der Waals surface area contributed by atoms with Crippen molar-refractivity contribution in [3.63, 3.8) is 0 Å². The molecule has 0 saturated heterocycles. The van der Waals surface area contributed by atoms with E-state index < -0.39 is 0 Å². The van der Waals surface area contributed by atoms with Crippen LogP contribution in [-0.4, -0.2) is 17.8 Å². The van der Waals surface area contributed by atoms with Crippen molar-refractivity contribution in [1.82, 2.24) is 0 Å². The van der Waals surface area contributed by atoms with Gasteiger partial charge in [-0.25, -0.2) is 5.41 Å². The Morgan fingerprint density at radius 1 is 1.86 bits per heavy atom. The number of halogens is 1. The molecule has 7 heavy (non-hydrogen) atoms. The van der Waals surface area contributed by atoms with Gasteiger partial charge in [0.2, 0.25) is 0 Å². The number of hydrogen-bond donors (Lipinski definition) is 1. The smallest absolute Gasteiger partial charge is 0.343 e. The van der Waals surface area contributed by atoms with Crippen LogP contribution < -0.4 is 5.41 Å². The molecule has 0 aliphatic rings. The van der Waals surface area contributed by atoms with Crippen molar-refractivity contribution in [2.45, 2.75) is 6.92 Å². The molecule has 0 rings (SSSR count). The highest BCUT2D eigenvalue weighted by molar-refractivity contribution is 9.09. The first kappa shape index (κ1) is 6.95. The van der Waals surface area contributed by atoms with E-state index in [2.05, 4.69) is 15.9 Å². The monoisotopic (exact) mass is 166 g/mol. The number of nitrogens with two attached hydrogens (primary N) is 1. The fraction of sp³-hybridized carbons (Fsp3) is 0.750. The van der Waals surface area contributed by atoms with E-state index in [1.54, 1.807) is 0 Å². The van der Waals surface area contributed by atoms with Gasteiger partial charge in [-0.15, -0.1) is 0 Å². The average molecular weight is 167 g/mol. The molecule has 0 saturated carbocycles. The average Bonchev–Trinajstić information content (AvgIpc) is 1.68. The number of ether oxygens (including phenoxy) is 1. The summed E-state index contributed by atoms with van der Waals surface area (Å²) in [5, 5.41) is 5.86. The molecule has 2 N–H and O–H groups in total. The zero-order valence-electron chi connectivity index (χ0n) is 4.28. The minimum absolute atomic E-state index is 0.544. The number of hydrogen-bond acceptors (Lipinski definition) is 1. The van der Waals surface area contributed by atoms with E-state index in [1.807, 2.05) is 6.92 Å². The first-order chi connectivity index (χ1) is 3.31. The van der Waals surface area contributed by atoms with Crippen molar-refractivity contribution in [3.05, 3.63) is 0 Å². The molecule has 0 radical (unpaired) electrons. The van der Waals surface area contributed by atoms with E-state index >= 15 is 0 Å². The van der Waals surface area contributed by atoms with Crippen LogP contribution in [0.3, 0.4) is 0 Å². The van der Waals surface area contributed by atoms with Crippen LogP contribution in [0.25, 0.3) is 0 Å². The Morgan fingerprint density at radius 2 is 2.43 bits per heavy atom. The van der Waals surface area contributed by atoms with E-state index in [1.165, 1.54) is 0 Å². The van der Waals surface area contributed by atoms with Gasteiger partial charge < -0.3 is 4.74 Å². The molecule has 0 aromatic rings. The molecule has 3 heteroatoms. The van der Waals surface area contributed by atoms with Gasteiger partial charge in [0, 0.05) is 0 Å². The molecular formula is C4H9BrNO+. The molecule has 0 bridgehead atoms. The fourth-order valence-electron chi connectivity index (χ4n) is 0.224. The summed E-state index contributed by atoms with van der Waals surface area (Å²) in [5.74, 6) is 0.544. The Morgan fingerprint density at radius 3 is 2.57 bits per heavy atom. The fourth-order valence-corrected chi connectivity index (χ4v) is 0.386. The number of rotatable bonds is 2. The summed E-state index contributed by atoms with van der Waals surface area (Å²) < 4.78 is 4.84. The highest BCUT2D eigenvalue weighted by atomic mass is 79.9. The minimum atomic E-state index is 0.544. The van der Waals surface area contributed by atoms with E-state index in [0.717, 1.165) is 0 Å². The van der Waals surface area contributed by atoms with Gasteiger partial charge in [-0.1, -0.05) is 15.9 Å². The van der Waals surface area contributed by atoms with Crippen molar-refractivity contribution < 1.29 is 10.1 Å². The minimum Gasteiger partial charge on any atom is -0.448 e. The molecule has 0 amide bonds. The van der Waals surface area contributed by atoms with Crippen LogP contribution in [0.15, 0.2) is 0 Å². The molecule has 0 atom stereocenters. The van der Waals surface area contributed by atoms with E-state index in [0.29, 0.717) is 17.8 Å². The maximum Gasteiger partial charge on any atom is 0.343 e. The Kier molecular flexibility index (Phi) is 4.09. The lowest BCUT2D eigenvalue weighted by molar-refractivity contribution is -0.139. The molecule has 2 nitrogen and oxygen atoms in total. The van der Waals surface area contributed by atoms with Crippen LogP contribution in [0.4, 0.5) is 0 Å². The number of alkyl halides is 1. The lowest BCUT2D eigenvalue weighted by atomic mass is 10.7. The maximum atomic E-state index is 5.23. The van der Waals surface area contributed by atoms with Crippen LogP contribution in [0.5, 0.6) is 0 Å². The predicted octanol–water partition coefficient (Wildman–Crippen LogP) is -0.425. The third-order valence-corrected chi connectivity index (χ3v) is 1.01. The third kappa shape index (κ3) is 3.79. The van der Waals surface area contributed by atoms with Gasteiger partial charge in [-0.05, 0) is 6.92 Å². The SMILES string of the molecule is CCOC(=[NH2+])CBr. The second-order valence-corrected chi connectivity index (χ2v) is 1.59. The first-order valence-electron chi connectivity index (χ1n) is 2.11. The predicted molar refractivity (Wildman–Crippen MR) is 32.4 cm³/mol. The van der Waals surface area contributed by atoms with Gasteiger partial charge in [-0.3, -0.25) is 0 Å². The molecule has 0 unspecified atom stereocenters. The topological polar surface area (TPSA) is 34.8 Å². The molecule has 0 heterocycles. The quantitative estimate of drug-likeness (QED) is 0.338. The Bertz CT molecular complexity index is 64.7. The zero-order chi connectivity index (χ0) is 5.70. The molecule has 0 aromatic heterocycles. The Hall–Kier alpha value is -0.0500. The van der Waals surface area contributed by atoms with Crippen molar-refractivity contribution in [2.24, 2.45) is 0 Å². The van der Waals surface area contributed by atoms with Crippen LogP contribution in [-0.2, 0) is 4.74 Å². The summed E-state index contributed by atoms with van der Waals surface area (Å²) in [6.45, 7) is 2.55. The van der Waals surface area contributed by atoms with E-state index in [-0.39, 0.29) is 0 Å². The van der Waals surface area contributed by atoms with Crippen LogP contribution >= 0.6 is 15.9 Å². The second-order valence-electron chi connectivity index (χ2n) is 1.03.